The third-order valence-corrected chi connectivity index (χ3v) is 7.28. The van der Waals surface area contributed by atoms with Gasteiger partial charge < -0.3 is 10.4 Å². The number of aryl methyl sites for hydroxylation is 1. The lowest BCUT2D eigenvalue weighted by molar-refractivity contribution is 0.0406. The molecule has 1 aromatic carbocycles. The normalized spacial score (nSPS) is 21.1. The van der Waals surface area contributed by atoms with Crippen molar-refractivity contribution < 1.29 is 13.5 Å². The van der Waals surface area contributed by atoms with Gasteiger partial charge in [-0.05, 0) is 50.9 Å². The monoisotopic (exact) mass is 439 g/mol. The number of rotatable bonds is 5. The highest BCUT2D eigenvalue weighted by Crippen LogP contribution is 2.20. The zero-order chi connectivity index (χ0) is 17.9. The molecule has 1 atom stereocenters. The fraction of sp³-hybridized carbons (Fsp3) is 0.667. The Labute approximate surface area is 175 Å². The summed E-state index contributed by atoms with van der Waals surface area (Å²) in [5.41, 5.74) is 1.05. The molecule has 2 fully saturated rings. The molecule has 0 spiro atoms. The summed E-state index contributed by atoms with van der Waals surface area (Å²) in [4.78, 5) is 2.55. The summed E-state index contributed by atoms with van der Waals surface area (Å²) in [7, 11) is -3.42. The number of sulfonamides is 1. The lowest BCUT2D eigenvalue weighted by Gasteiger charge is -2.37. The van der Waals surface area contributed by atoms with Crippen molar-refractivity contribution >= 4 is 34.8 Å². The Hall–Kier alpha value is -0.410. The minimum Gasteiger partial charge on any atom is -0.392 e. The number of aliphatic hydroxyl groups excluding tert-OH is 1. The summed E-state index contributed by atoms with van der Waals surface area (Å²) < 4.78 is 27.0. The maximum Gasteiger partial charge on any atom is 0.243 e. The van der Waals surface area contributed by atoms with Gasteiger partial charge in [0.1, 0.15) is 0 Å². The maximum atomic E-state index is 12.7. The molecule has 2 heterocycles. The minimum atomic E-state index is -3.42. The highest BCUT2D eigenvalue weighted by atomic mass is 35.5. The van der Waals surface area contributed by atoms with Crippen LogP contribution in [0.25, 0.3) is 0 Å². The SMILES string of the molecule is Cc1ccc(S(=O)(=O)N2CCN(CC(O)C3CCNCC3)CC2)cc1.Cl.Cl. The van der Waals surface area contributed by atoms with E-state index in [0.717, 1.165) is 31.5 Å². The van der Waals surface area contributed by atoms with E-state index in [1.54, 1.807) is 16.4 Å². The molecule has 27 heavy (non-hydrogen) atoms. The molecule has 0 aromatic heterocycles. The molecule has 3 rings (SSSR count). The van der Waals surface area contributed by atoms with Crippen molar-refractivity contribution in [2.75, 3.05) is 45.8 Å². The quantitative estimate of drug-likeness (QED) is 0.726. The van der Waals surface area contributed by atoms with Crippen LogP contribution < -0.4 is 5.32 Å². The predicted octanol–water partition coefficient (Wildman–Crippen LogP) is 1.51. The van der Waals surface area contributed by atoms with E-state index in [-0.39, 0.29) is 30.9 Å². The Morgan fingerprint density at radius 1 is 1.07 bits per heavy atom. The van der Waals surface area contributed by atoms with Crippen molar-refractivity contribution in [1.82, 2.24) is 14.5 Å². The van der Waals surface area contributed by atoms with Crippen LogP contribution in [0.5, 0.6) is 0 Å². The zero-order valence-electron chi connectivity index (χ0n) is 15.7. The van der Waals surface area contributed by atoms with Crippen LogP contribution in [-0.4, -0.2) is 74.6 Å². The standard InChI is InChI=1S/C18H29N3O3S.2ClH/c1-15-2-4-17(5-3-15)25(23,24)21-12-10-20(11-13-21)14-18(22)16-6-8-19-9-7-16;;/h2-5,16,18-19,22H,6-14H2,1H3;2*1H. The molecule has 0 aliphatic carbocycles. The number of halogens is 2. The molecule has 156 valence electrons. The second-order valence-electron chi connectivity index (χ2n) is 7.17. The van der Waals surface area contributed by atoms with Gasteiger partial charge in [-0.1, -0.05) is 17.7 Å². The molecule has 2 aliphatic rings. The van der Waals surface area contributed by atoms with Gasteiger partial charge in [0.15, 0.2) is 0 Å². The Bertz CT molecular complexity index is 659. The predicted molar refractivity (Wildman–Crippen MR) is 112 cm³/mol. The molecule has 0 amide bonds. The molecule has 1 unspecified atom stereocenters. The molecule has 2 aliphatic heterocycles. The number of nitrogens with zero attached hydrogens (tertiary/aromatic N) is 2. The fourth-order valence-electron chi connectivity index (χ4n) is 3.65. The van der Waals surface area contributed by atoms with Gasteiger partial charge in [-0.3, -0.25) is 4.90 Å². The van der Waals surface area contributed by atoms with Crippen LogP contribution in [0, 0.1) is 12.8 Å². The number of aliphatic hydroxyl groups is 1. The van der Waals surface area contributed by atoms with Gasteiger partial charge in [0.2, 0.25) is 10.0 Å². The lowest BCUT2D eigenvalue weighted by atomic mass is 9.92. The largest absolute Gasteiger partial charge is 0.392 e. The van der Waals surface area contributed by atoms with Crippen LogP contribution >= 0.6 is 24.8 Å². The number of hydrogen-bond donors (Lipinski definition) is 2. The van der Waals surface area contributed by atoms with Gasteiger partial charge in [0, 0.05) is 32.7 Å². The molecule has 2 N–H and O–H groups in total. The van der Waals surface area contributed by atoms with E-state index in [9.17, 15) is 13.5 Å². The van der Waals surface area contributed by atoms with Gasteiger partial charge in [0.05, 0.1) is 11.0 Å². The smallest absolute Gasteiger partial charge is 0.243 e. The average molecular weight is 440 g/mol. The van der Waals surface area contributed by atoms with E-state index in [1.165, 1.54) is 0 Å². The molecule has 0 saturated carbocycles. The molecule has 6 nitrogen and oxygen atoms in total. The van der Waals surface area contributed by atoms with Crippen LogP contribution in [0.1, 0.15) is 18.4 Å². The second-order valence-corrected chi connectivity index (χ2v) is 9.11. The first-order chi connectivity index (χ1) is 12.0. The van der Waals surface area contributed by atoms with Crippen LogP contribution in [0.15, 0.2) is 29.2 Å². The van der Waals surface area contributed by atoms with Crippen molar-refractivity contribution in [1.29, 1.82) is 0 Å². The summed E-state index contributed by atoms with van der Waals surface area (Å²) in [6, 6.07) is 7.02. The molecule has 0 radical (unpaired) electrons. The summed E-state index contributed by atoms with van der Waals surface area (Å²) in [5.74, 6) is 0.357. The summed E-state index contributed by atoms with van der Waals surface area (Å²) >= 11 is 0. The number of β-amino-alcohol motifs (C(OH)–C–C–N with tert-alkyl or cyclic N) is 1. The lowest BCUT2D eigenvalue weighted by Crippen LogP contribution is -2.51. The third kappa shape index (κ3) is 6.29. The second kappa shape index (κ2) is 11.0. The van der Waals surface area contributed by atoms with Crippen molar-refractivity contribution in [3.05, 3.63) is 29.8 Å². The molecular weight excluding hydrogens is 409 g/mol. The summed E-state index contributed by atoms with van der Waals surface area (Å²) in [6.45, 7) is 6.85. The molecule has 1 aromatic rings. The van der Waals surface area contributed by atoms with Gasteiger partial charge in [-0.25, -0.2) is 8.42 Å². The van der Waals surface area contributed by atoms with Gasteiger partial charge >= 0.3 is 0 Å². The number of piperazine rings is 1. The van der Waals surface area contributed by atoms with E-state index in [2.05, 4.69) is 10.2 Å². The zero-order valence-corrected chi connectivity index (χ0v) is 18.2. The number of hydrogen-bond acceptors (Lipinski definition) is 5. The molecular formula is C18H31Cl2N3O3S. The van der Waals surface area contributed by atoms with Gasteiger partial charge in [0.25, 0.3) is 0 Å². The third-order valence-electron chi connectivity index (χ3n) is 5.36. The van der Waals surface area contributed by atoms with E-state index in [4.69, 9.17) is 0 Å². The fourth-order valence-corrected chi connectivity index (χ4v) is 5.08. The Balaban J connectivity index is 0.00000182. The highest BCUT2D eigenvalue weighted by molar-refractivity contribution is 7.89. The Kier molecular flexibility index (Phi) is 9.99. The number of nitrogens with one attached hydrogen (secondary N) is 1. The Morgan fingerprint density at radius 3 is 2.19 bits per heavy atom. The van der Waals surface area contributed by atoms with E-state index in [0.29, 0.717) is 43.5 Å². The van der Waals surface area contributed by atoms with Crippen LogP contribution in [-0.2, 0) is 10.0 Å². The first kappa shape index (κ1) is 24.6. The van der Waals surface area contributed by atoms with Crippen molar-refractivity contribution in [2.24, 2.45) is 5.92 Å². The van der Waals surface area contributed by atoms with E-state index in [1.807, 2.05) is 19.1 Å². The average Bonchev–Trinajstić information content (AvgIpc) is 2.63. The number of benzene rings is 1. The molecule has 0 bridgehead atoms. The highest BCUT2D eigenvalue weighted by Gasteiger charge is 2.30. The first-order valence-corrected chi connectivity index (χ1v) is 10.6. The van der Waals surface area contributed by atoms with Crippen LogP contribution in [0.3, 0.4) is 0 Å². The van der Waals surface area contributed by atoms with E-state index >= 15 is 0 Å². The maximum absolute atomic E-state index is 12.7. The van der Waals surface area contributed by atoms with Gasteiger partial charge in [-0.2, -0.15) is 4.31 Å². The minimum absolute atomic E-state index is 0. The topological polar surface area (TPSA) is 72.9 Å². The Morgan fingerprint density at radius 2 is 1.63 bits per heavy atom. The van der Waals surface area contributed by atoms with Gasteiger partial charge in [-0.15, -0.1) is 24.8 Å². The molecule has 9 heteroatoms. The van der Waals surface area contributed by atoms with Crippen molar-refractivity contribution in [3.63, 3.8) is 0 Å². The summed E-state index contributed by atoms with van der Waals surface area (Å²) in [5, 5.41) is 13.8. The molecule has 2 saturated heterocycles. The van der Waals surface area contributed by atoms with E-state index < -0.39 is 10.0 Å². The van der Waals surface area contributed by atoms with Crippen molar-refractivity contribution in [3.8, 4) is 0 Å². The summed E-state index contributed by atoms with van der Waals surface area (Å²) in [6.07, 6.45) is 1.72. The first-order valence-electron chi connectivity index (χ1n) is 9.15. The number of piperidine rings is 1. The van der Waals surface area contributed by atoms with Crippen LogP contribution in [0.4, 0.5) is 0 Å². The van der Waals surface area contributed by atoms with Crippen LogP contribution in [0.2, 0.25) is 0 Å². The van der Waals surface area contributed by atoms with Crippen molar-refractivity contribution in [2.45, 2.75) is 30.8 Å².